The Morgan fingerprint density at radius 3 is 2.41 bits per heavy atom. The van der Waals surface area contributed by atoms with Gasteiger partial charge in [-0.15, -0.1) is 0 Å². The van der Waals surface area contributed by atoms with Crippen molar-refractivity contribution < 1.29 is 28.6 Å². The molecule has 1 spiro atoms. The molecule has 1 aromatic heterocycles. The van der Waals surface area contributed by atoms with E-state index in [1.807, 2.05) is 0 Å². The summed E-state index contributed by atoms with van der Waals surface area (Å²) in [6, 6.07) is 8.35. The first-order valence-corrected chi connectivity index (χ1v) is 8.93. The van der Waals surface area contributed by atoms with Crippen LogP contribution in [0, 0.1) is 5.82 Å². The number of carbonyl (C=O) groups is 3. The molecule has 2 aliphatic heterocycles. The van der Waals surface area contributed by atoms with Gasteiger partial charge < -0.3 is 20.5 Å². The molecular weight excluding hydrogens is 383 g/mol. The second kappa shape index (κ2) is 7.13. The molecule has 4 rings (SSSR count). The summed E-state index contributed by atoms with van der Waals surface area (Å²) in [5, 5.41) is 14.1. The third-order valence-electron chi connectivity index (χ3n) is 4.86. The summed E-state index contributed by atoms with van der Waals surface area (Å²) < 4.78 is 18.5. The second-order valence-electron chi connectivity index (χ2n) is 6.70. The number of rotatable bonds is 3. The van der Waals surface area contributed by atoms with Gasteiger partial charge in [-0.05, 0) is 43.2 Å². The lowest BCUT2D eigenvalue weighted by Crippen LogP contribution is -2.76. The minimum atomic E-state index is -1.80. The molecule has 0 radical (unpaired) electrons. The van der Waals surface area contributed by atoms with E-state index in [0.717, 1.165) is 4.90 Å². The minimum absolute atomic E-state index is 0.108. The summed E-state index contributed by atoms with van der Waals surface area (Å²) in [4.78, 5) is 43.2. The van der Waals surface area contributed by atoms with Gasteiger partial charge in [0.1, 0.15) is 11.6 Å². The first kappa shape index (κ1) is 18.8. The molecule has 0 atom stereocenters. The lowest BCUT2D eigenvalue weighted by atomic mass is 9.82. The molecule has 0 unspecified atom stereocenters. The molecule has 0 bridgehead atoms. The fraction of sp³-hybridized carbons (Fsp3) is 0.263. The number of amides is 3. The number of anilines is 1. The van der Waals surface area contributed by atoms with Gasteiger partial charge in [-0.1, -0.05) is 0 Å². The molecule has 2 aliphatic rings. The van der Waals surface area contributed by atoms with Gasteiger partial charge >= 0.3 is 0 Å². The van der Waals surface area contributed by atoms with Gasteiger partial charge in [0.15, 0.2) is 0 Å². The Bertz CT molecular complexity index is 946. The van der Waals surface area contributed by atoms with Crippen LogP contribution >= 0.6 is 0 Å². The van der Waals surface area contributed by atoms with Crippen molar-refractivity contribution in [2.24, 2.45) is 0 Å². The first-order valence-electron chi connectivity index (χ1n) is 8.93. The van der Waals surface area contributed by atoms with Crippen LogP contribution in [-0.2, 0) is 14.4 Å². The van der Waals surface area contributed by atoms with Crippen molar-refractivity contribution in [3.8, 4) is 11.6 Å². The Morgan fingerprint density at radius 1 is 1.10 bits per heavy atom. The summed E-state index contributed by atoms with van der Waals surface area (Å²) in [7, 11) is 0. The van der Waals surface area contributed by atoms with Crippen LogP contribution in [0.2, 0.25) is 0 Å². The predicted molar refractivity (Wildman–Crippen MR) is 97.1 cm³/mol. The number of nitrogens with one attached hydrogen (secondary N) is 2. The van der Waals surface area contributed by atoms with Crippen molar-refractivity contribution in [1.29, 1.82) is 0 Å². The highest BCUT2D eigenvalue weighted by molar-refractivity contribution is 6.20. The van der Waals surface area contributed by atoms with Crippen LogP contribution in [0.1, 0.15) is 19.3 Å². The molecule has 3 N–H and O–H groups in total. The largest absolute Gasteiger partial charge is 0.439 e. The van der Waals surface area contributed by atoms with Crippen molar-refractivity contribution in [2.75, 3.05) is 4.90 Å². The highest BCUT2D eigenvalue weighted by Gasteiger charge is 2.58. The number of ether oxygens (including phenoxy) is 1. The number of hydrogen-bond acceptors (Lipinski definition) is 6. The molecular formula is C19H17FN4O5. The van der Waals surface area contributed by atoms with E-state index in [2.05, 4.69) is 15.6 Å². The topological polar surface area (TPSA) is 121 Å². The molecule has 2 saturated heterocycles. The van der Waals surface area contributed by atoms with Gasteiger partial charge in [-0.2, -0.15) is 0 Å². The third kappa shape index (κ3) is 3.27. The van der Waals surface area contributed by atoms with E-state index in [4.69, 9.17) is 4.74 Å². The maximum atomic E-state index is 13.0. The maximum absolute atomic E-state index is 13.0. The smallest absolute Gasteiger partial charge is 0.259 e. The molecule has 9 nitrogen and oxygen atoms in total. The van der Waals surface area contributed by atoms with Crippen LogP contribution in [0.3, 0.4) is 0 Å². The SMILES string of the molecule is O=C1CCCC2(C(=O)NC(O)NC2=O)N1c1ccc(Oc2ccc(F)cc2)nc1. The zero-order valence-corrected chi connectivity index (χ0v) is 15.1. The zero-order valence-electron chi connectivity index (χ0n) is 15.1. The molecule has 0 aliphatic carbocycles. The molecule has 0 saturated carbocycles. The average molecular weight is 400 g/mol. The number of nitrogens with zero attached hydrogens (tertiary/aromatic N) is 2. The lowest BCUT2D eigenvalue weighted by Gasteiger charge is -2.46. The molecule has 150 valence electrons. The monoisotopic (exact) mass is 400 g/mol. The van der Waals surface area contributed by atoms with Crippen LogP contribution in [0.25, 0.3) is 0 Å². The van der Waals surface area contributed by atoms with E-state index in [-0.39, 0.29) is 24.4 Å². The molecule has 29 heavy (non-hydrogen) atoms. The lowest BCUT2D eigenvalue weighted by molar-refractivity contribution is -0.151. The van der Waals surface area contributed by atoms with Crippen molar-refractivity contribution in [1.82, 2.24) is 15.6 Å². The van der Waals surface area contributed by atoms with Crippen molar-refractivity contribution in [3.63, 3.8) is 0 Å². The summed E-state index contributed by atoms with van der Waals surface area (Å²) in [5.41, 5.74) is -1.56. The van der Waals surface area contributed by atoms with E-state index >= 15 is 0 Å². The number of carbonyl (C=O) groups excluding carboxylic acids is 3. The fourth-order valence-electron chi connectivity index (χ4n) is 3.54. The fourth-order valence-corrected chi connectivity index (χ4v) is 3.54. The molecule has 2 fully saturated rings. The van der Waals surface area contributed by atoms with Crippen LogP contribution in [-0.4, -0.2) is 39.7 Å². The molecule has 3 heterocycles. The van der Waals surface area contributed by atoms with Gasteiger partial charge in [-0.3, -0.25) is 19.3 Å². The number of aromatic nitrogens is 1. The first-order chi connectivity index (χ1) is 13.9. The minimum Gasteiger partial charge on any atom is -0.439 e. The molecule has 10 heteroatoms. The normalized spacial score (nSPS) is 24.3. The summed E-state index contributed by atoms with van der Waals surface area (Å²) in [6.45, 7) is 0. The third-order valence-corrected chi connectivity index (χ3v) is 4.86. The zero-order chi connectivity index (χ0) is 20.6. The van der Waals surface area contributed by atoms with Crippen molar-refractivity contribution in [2.45, 2.75) is 31.2 Å². The number of halogens is 1. The molecule has 2 aromatic rings. The molecule has 1 aromatic carbocycles. The Morgan fingerprint density at radius 2 is 1.79 bits per heavy atom. The van der Waals surface area contributed by atoms with Gasteiger partial charge in [0.05, 0.1) is 11.9 Å². The van der Waals surface area contributed by atoms with E-state index < -0.39 is 35.4 Å². The Kier molecular flexibility index (Phi) is 4.63. The van der Waals surface area contributed by atoms with Crippen molar-refractivity contribution in [3.05, 3.63) is 48.4 Å². The average Bonchev–Trinajstić information content (AvgIpc) is 2.69. The standard InChI is InChI=1S/C19H17FN4O5/c20-11-3-6-13(7-4-11)29-14-8-5-12(10-21-14)24-15(25)2-1-9-19(24)16(26)22-18(28)23-17(19)27/h3-8,10,18,28H,1-2,9H2,(H,22,26)(H,23,27). The number of aliphatic hydroxyl groups excluding tert-OH is 1. The van der Waals surface area contributed by atoms with Crippen LogP contribution < -0.4 is 20.3 Å². The second-order valence-corrected chi connectivity index (χ2v) is 6.70. The number of aliphatic hydroxyl groups is 1. The van der Waals surface area contributed by atoms with E-state index in [0.29, 0.717) is 12.2 Å². The quantitative estimate of drug-likeness (QED) is 0.655. The van der Waals surface area contributed by atoms with Crippen molar-refractivity contribution >= 4 is 23.4 Å². The van der Waals surface area contributed by atoms with Gasteiger partial charge in [0, 0.05) is 12.5 Å². The maximum Gasteiger partial charge on any atom is 0.259 e. The summed E-state index contributed by atoms with van der Waals surface area (Å²) in [6.07, 6.45) is 0.431. The van der Waals surface area contributed by atoms with Gasteiger partial charge in [0.25, 0.3) is 11.8 Å². The van der Waals surface area contributed by atoms with E-state index in [9.17, 15) is 23.9 Å². The number of benzene rings is 1. The van der Waals surface area contributed by atoms with Crippen LogP contribution in [0.5, 0.6) is 11.6 Å². The van der Waals surface area contributed by atoms with E-state index in [1.165, 1.54) is 42.6 Å². The van der Waals surface area contributed by atoms with Crippen LogP contribution in [0.15, 0.2) is 42.6 Å². The highest BCUT2D eigenvalue weighted by Crippen LogP contribution is 2.36. The summed E-state index contributed by atoms with van der Waals surface area (Å²) in [5.74, 6) is -1.76. The molecule has 3 amide bonds. The predicted octanol–water partition coefficient (Wildman–Crippen LogP) is 0.791. The number of piperidine rings is 1. The van der Waals surface area contributed by atoms with E-state index in [1.54, 1.807) is 0 Å². The highest BCUT2D eigenvalue weighted by atomic mass is 19.1. The Labute approximate surface area is 164 Å². The summed E-state index contributed by atoms with van der Waals surface area (Å²) >= 11 is 0. The van der Waals surface area contributed by atoms with Gasteiger partial charge in [0.2, 0.25) is 23.7 Å². The number of hydrogen-bond donors (Lipinski definition) is 3. The van der Waals surface area contributed by atoms with Crippen LogP contribution in [0.4, 0.5) is 10.1 Å². The Balaban J connectivity index is 1.64. The number of pyridine rings is 1. The Hall–Kier alpha value is -3.53. The van der Waals surface area contributed by atoms with Gasteiger partial charge in [-0.25, -0.2) is 9.37 Å².